The minimum absolute atomic E-state index is 0.235. The highest BCUT2D eigenvalue weighted by molar-refractivity contribution is 7.99. The van der Waals surface area contributed by atoms with Crippen molar-refractivity contribution < 1.29 is 0 Å². The summed E-state index contributed by atoms with van der Waals surface area (Å²) in [4.78, 5) is 18.1. The third kappa shape index (κ3) is 2.65. The molecule has 1 fully saturated rings. The molecule has 0 spiro atoms. The molecule has 0 aromatic carbocycles. The van der Waals surface area contributed by atoms with Crippen molar-refractivity contribution >= 4 is 11.8 Å². The van der Waals surface area contributed by atoms with Crippen LogP contribution in [-0.2, 0) is 6.42 Å². The Kier molecular flexibility index (Phi) is 3.66. The van der Waals surface area contributed by atoms with E-state index in [9.17, 15) is 4.79 Å². The summed E-state index contributed by atoms with van der Waals surface area (Å²) in [5.74, 6) is 2.28. The summed E-state index contributed by atoms with van der Waals surface area (Å²) in [6.07, 6.45) is 0.851. The van der Waals surface area contributed by atoms with E-state index >= 15 is 0 Å². The highest BCUT2D eigenvalue weighted by atomic mass is 32.2. The second-order valence-corrected chi connectivity index (χ2v) is 5.32. The number of hydrogen-bond donors (Lipinski definition) is 2. The van der Waals surface area contributed by atoms with Gasteiger partial charge in [-0.3, -0.25) is 0 Å². The van der Waals surface area contributed by atoms with Gasteiger partial charge >= 0.3 is 5.69 Å². The zero-order chi connectivity index (χ0) is 11.5. The van der Waals surface area contributed by atoms with Crippen LogP contribution in [0, 0.1) is 13.8 Å². The topological polar surface area (TPSA) is 57.8 Å². The number of rotatable bonds is 2. The average molecular weight is 239 g/mol. The Labute approximate surface area is 99.3 Å². The SMILES string of the molecule is Cc1[nH]c(=O)nc(CC2CSCCN2)c1C. The highest BCUT2D eigenvalue weighted by Crippen LogP contribution is 2.13. The van der Waals surface area contributed by atoms with Crippen LogP contribution in [0.5, 0.6) is 0 Å². The monoisotopic (exact) mass is 239 g/mol. The first kappa shape index (κ1) is 11.7. The lowest BCUT2D eigenvalue weighted by Crippen LogP contribution is -2.39. The molecule has 0 saturated carbocycles. The quantitative estimate of drug-likeness (QED) is 0.795. The second kappa shape index (κ2) is 5.01. The lowest BCUT2D eigenvalue weighted by molar-refractivity contribution is 0.554. The average Bonchev–Trinajstić information content (AvgIpc) is 2.27. The van der Waals surface area contributed by atoms with Gasteiger partial charge in [-0.05, 0) is 19.4 Å². The van der Waals surface area contributed by atoms with E-state index in [2.05, 4.69) is 15.3 Å². The number of aromatic nitrogens is 2. The van der Waals surface area contributed by atoms with Gasteiger partial charge in [-0.25, -0.2) is 4.79 Å². The second-order valence-electron chi connectivity index (χ2n) is 4.17. The standard InChI is InChI=1S/C11H17N3OS/c1-7-8(2)13-11(15)14-10(7)5-9-6-16-4-3-12-9/h9,12H,3-6H2,1-2H3,(H,13,14,15). The Hall–Kier alpha value is -0.810. The van der Waals surface area contributed by atoms with Gasteiger partial charge in [0, 0.05) is 36.2 Å². The molecule has 1 aliphatic rings. The molecule has 88 valence electrons. The maximum absolute atomic E-state index is 11.3. The first-order valence-electron chi connectivity index (χ1n) is 5.54. The van der Waals surface area contributed by atoms with Crippen LogP contribution in [0.4, 0.5) is 0 Å². The third-order valence-electron chi connectivity index (χ3n) is 2.96. The molecule has 2 rings (SSSR count). The molecule has 0 amide bonds. The summed E-state index contributed by atoms with van der Waals surface area (Å²) in [6, 6.07) is 0.450. The molecule has 0 bridgehead atoms. The Bertz CT molecular complexity index is 424. The van der Waals surface area contributed by atoms with E-state index < -0.39 is 0 Å². The molecule has 1 aliphatic heterocycles. The molecule has 1 aromatic rings. The maximum Gasteiger partial charge on any atom is 0.345 e. The number of thioether (sulfide) groups is 1. The van der Waals surface area contributed by atoms with Crippen molar-refractivity contribution in [3.05, 3.63) is 27.4 Å². The van der Waals surface area contributed by atoms with Gasteiger partial charge in [-0.2, -0.15) is 16.7 Å². The molecule has 0 aliphatic carbocycles. The predicted octanol–water partition coefficient (Wildman–Crippen LogP) is 0.634. The molecule has 1 atom stereocenters. The summed E-state index contributed by atoms with van der Waals surface area (Å²) in [5, 5.41) is 3.46. The molecule has 5 heteroatoms. The van der Waals surface area contributed by atoms with Crippen molar-refractivity contribution in [3.63, 3.8) is 0 Å². The number of nitrogens with zero attached hydrogens (tertiary/aromatic N) is 1. The van der Waals surface area contributed by atoms with Gasteiger partial charge in [0.2, 0.25) is 0 Å². The molecular weight excluding hydrogens is 222 g/mol. The van der Waals surface area contributed by atoms with Crippen LogP contribution in [0.1, 0.15) is 17.0 Å². The van der Waals surface area contributed by atoms with Crippen molar-refractivity contribution in [1.82, 2.24) is 15.3 Å². The van der Waals surface area contributed by atoms with Crippen LogP contribution in [0.15, 0.2) is 4.79 Å². The van der Waals surface area contributed by atoms with Gasteiger partial charge in [0.25, 0.3) is 0 Å². The summed E-state index contributed by atoms with van der Waals surface area (Å²) >= 11 is 1.96. The van der Waals surface area contributed by atoms with E-state index in [1.807, 2.05) is 25.6 Å². The first-order chi connectivity index (χ1) is 7.66. The van der Waals surface area contributed by atoms with Gasteiger partial charge in [0.1, 0.15) is 0 Å². The van der Waals surface area contributed by atoms with Crippen LogP contribution < -0.4 is 11.0 Å². The fourth-order valence-electron chi connectivity index (χ4n) is 1.89. The van der Waals surface area contributed by atoms with Crippen molar-refractivity contribution in [2.24, 2.45) is 0 Å². The zero-order valence-electron chi connectivity index (χ0n) is 9.67. The fourth-order valence-corrected chi connectivity index (χ4v) is 2.84. The number of aryl methyl sites for hydroxylation is 1. The number of hydrogen-bond acceptors (Lipinski definition) is 4. The van der Waals surface area contributed by atoms with Crippen molar-refractivity contribution in [2.45, 2.75) is 26.3 Å². The van der Waals surface area contributed by atoms with Crippen LogP contribution in [0.3, 0.4) is 0 Å². The molecular formula is C11H17N3OS. The van der Waals surface area contributed by atoms with E-state index in [1.165, 1.54) is 5.75 Å². The highest BCUT2D eigenvalue weighted by Gasteiger charge is 2.16. The number of nitrogens with one attached hydrogen (secondary N) is 2. The molecule has 0 radical (unpaired) electrons. The van der Waals surface area contributed by atoms with Gasteiger partial charge in [0.05, 0.1) is 5.69 Å². The predicted molar refractivity (Wildman–Crippen MR) is 67.2 cm³/mol. The maximum atomic E-state index is 11.3. The number of H-pyrrole nitrogens is 1. The molecule has 16 heavy (non-hydrogen) atoms. The lowest BCUT2D eigenvalue weighted by atomic mass is 10.1. The Morgan fingerprint density at radius 3 is 3.00 bits per heavy atom. The van der Waals surface area contributed by atoms with Crippen molar-refractivity contribution in [3.8, 4) is 0 Å². The van der Waals surface area contributed by atoms with E-state index in [0.29, 0.717) is 6.04 Å². The minimum atomic E-state index is -0.235. The minimum Gasteiger partial charge on any atom is -0.312 e. The summed E-state index contributed by atoms with van der Waals surface area (Å²) < 4.78 is 0. The Morgan fingerprint density at radius 1 is 1.50 bits per heavy atom. The van der Waals surface area contributed by atoms with Crippen LogP contribution in [0.25, 0.3) is 0 Å². The Balaban J connectivity index is 2.16. The third-order valence-corrected chi connectivity index (χ3v) is 4.10. The summed E-state index contributed by atoms with van der Waals surface area (Å²) in [5.41, 5.74) is 2.73. The Morgan fingerprint density at radius 2 is 2.31 bits per heavy atom. The normalized spacial score (nSPS) is 21.0. The molecule has 1 unspecified atom stereocenters. The van der Waals surface area contributed by atoms with E-state index in [0.717, 1.165) is 35.7 Å². The molecule has 4 nitrogen and oxygen atoms in total. The van der Waals surface area contributed by atoms with Crippen LogP contribution >= 0.6 is 11.8 Å². The smallest absolute Gasteiger partial charge is 0.312 e. The van der Waals surface area contributed by atoms with Crippen LogP contribution in [0.2, 0.25) is 0 Å². The fraction of sp³-hybridized carbons (Fsp3) is 0.636. The summed E-state index contributed by atoms with van der Waals surface area (Å²) in [7, 11) is 0. The van der Waals surface area contributed by atoms with Gasteiger partial charge < -0.3 is 10.3 Å². The van der Waals surface area contributed by atoms with Gasteiger partial charge in [0.15, 0.2) is 0 Å². The first-order valence-corrected chi connectivity index (χ1v) is 6.70. The van der Waals surface area contributed by atoms with Crippen molar-refractivity contribution in [1.29, 1.82) is 0 Å². The van der Waals surface area contributed by atoms with Crippen molar-refractivity contribution in [2.75, 3.05) is 18.1 Å². The van der Waals surface area contributed by atoms with Gasteiger partial charge in [-0.15, -0.1) is 0 Å². The molecule has 2 heterocycles. The van der Waals surface area contributed by atoms with Gasteiger partial charge in [-0.1, -0.05) is 0 Å². The van der Waals surface area contributed by atoms with E-state index in [4.69, 9.17) is 0 Å². The molecule has 2 N–H and O–H groups in total. The summed E-state index contributed by atoms with van der Waals surface area (Å²) in [6.45, 7) is 4.99. The zero-order valence-corrected chi connectivity index (χ0v) is 10.5. The van der Waals surface area contributed by atoms with E-state index in [-0.39, 0.29) is 5.69 Å². The molecule has 1 aromatic heterocycles. The van der Waals surface area contributed by atoms with E-state index in [1.54, 1.807) is 0 Å². The lowest BCUT2D eigenvalue weighted by Gasteiger charge is -2.23. The number of aromatic amines is 1. The molecule has 1 saturated heterocycles. The van der Waals surface area contributed by atoms with Crippen LogP contribution in [-0.4, -0.2) is 34.1 Å². The largest absolute Gasteiger partial charge is 0.345 e.